The minimum Gasteiger partial charge on any atom is -0.394 e. The number of aliphatic hydroxyl groups excluding tert-OH is 2. The third-order valence-corrected chi connectivity index (χ3v) is 14.1. The lowest BCUT2D eigenvalue weighted by Crippen LogP contribution is -2.61. The summed E-state index contributed by atoms with van der Waals surface area (Å²) in [7, 11) is 0. The SMILES string of the molecule is C=C1C[C@@H]2CC[C@@]34C[C@@H]5O[C@H]6[C@@H](O3)[C@H]3OC(CCC3O[C@H]6C5O4)CC(=O)C[C@@H]3[C@@H](C)[C@@H](C[C@H](O)CO)O[C@H]3CC3O[C@@H](CCC1O2)C[C@@H](C)C3=C. The first-order valence-electron chi connectivity index (χ1n) is 20.0. The highest BCUT2D eigenvalue weighted by Gasteiger charge is 2.68. The first-order valence-corrected chi connectivity index (χ1v) is 20.0. The van der Waals surface area contributed by atoms with Crippen LogP contribution in [0.5, 0.6) is 0 Å². The molecule has 10 rings (SSSR count). The fourth-order valence-corrected chi connectivity index (χ4v) is 11.3. The molecule has 0 amide bonds. The predicted molar refractivity (Wildman–Crippen MR) is 183 cm³/mol. The van der Waals surface area contributed by atoms with Crippen LogP contribution < -0.4 is 0 Å². The van der Waals surface area contributed by atoms with E-state index in [1.54, 1.807) is 0 Å². The molecular formula is C40H58O11. The second-order valence-electron chi connectivity index (χ2n) is 17.5. The monoisotopic (exact) mass is 714 g/mol. The molecule has 19 atom stereocenters. The molecule has 10 heterocycles. The van der Waals surface area contributed by atoms with Gasteiger partial charge in [0.25, 0.3) is 0 Å². The molecule has 0 radical (unpaired) electrons. The van der Waals surface area contributed by atoms with Crippen LogP contribution in [0.4, 0.5) is 0 Å². The van der Waals surface area contributed by atoms with Gasteiger partial charge in [0.15, 0.2) is 5.79 Å². The van der Waals surface area contributed by atoms with Crippen LogP contribution in [-0.4, -0.2) is 120 Å². The van der Waals surface area contributed by atoms with Gasteiger partial charge in [-0.05, 0) is 73.8 Å². The zero-order valence-electron chi connectivity index (χ0n) is 30.3. The van der Waals surface area contributed by atoms with Gasteiger partial charge in [-0.3, -0.25) is 4.79 Å². The Morgan fingerprint density at radius 2 is 1.49 bits per heavy atom. The highest BCUT2D eigenvalue weighted by Crippen LogP contribution is 2.54. The number of hydrogen-bond donors (Lipinski definition) is 2. The fourth-order valence-electron chi connectivity index (χ4n) is 11.3. The molecule has 12 bridgehead atoms. The average Bonchev–Trinajstić information content (AvgIpc) is 3.77. The Balaban J connectivity index is 0.986. The van der Waals surface area contributed by atoms with Crippen molar-refractivity contribution in [3.05, 3.63) is 24.3 Å². The van der Waals surface area contributed by atoms with Crippen LogP contribution in [0.2, 0.25) is 0 Å². The number of fused-ring (bicyclic) bond motifs is 6. The second kappa shape index (κ2) is 13.8. The molecule has 2 N–H and O–H groups in total. The lowest BCUT2D eigenvalue weighted by Gasteiger charge is -2.47. The maximum absolute atomic E-state index is 14.0. The predicted octanol–water partition coefficient (Wildman–Crippen LogP) is 4.09. The van der Waals surface area contributed by atoms with Crippen LogP contribution in [0.1, 0.15) is 97.3 Å². The molecule has 11 heteroatoms. The number of ketones is 1. The largest absolute Gasteiger partial charge is 0.394 e. The summed E-state index contributed by atoms with van der Waals surface area (Å²) >= 11 is 0. The van der Waals surface area contributed by atoms with Gasteiger partial charge in [0.1, 0.15) is 36.3 Å². The number of hydrogen-bond acceptors (Lipinski definition) is 11. The lowest BCUT2D eigenvalue weighted by molar-refractivity contribution is -0.292. The van der Waals surface area contributed by atoms with Gasteiger partial charge >= 0.3 is 0 Å². The normalized spacial score (nSPS) is 53.2. The Morgan fingerprint density at radius 1 is 0.745 bits per heavy atom. The molecule has 10 saturated heterocycles. The second-order valence-corrected chi connectivity index (χ2v) is 17.5. The summed E-state index contributed by atoms with van der Waals surface area (Å²) in [6, 6.07) is 0. The van der Waals surface area contributed by atoms with E-state index < -0.39 is 11.9 Å². The quantitative estimate of drug-likeness (QED) is 0.410. The van der Waals surface area contributed by atoms with Gasteiger partial charge in [-0.15, -0.1) is 0 Å². The van der Waals surface area contributed by atoms with Crippen molar-refractivity contribution in [3.8, 4) is 0 Å². The Hall–Kier alpha value is -1.25. The van der Waals surface area contributed by atoms with E-state index in [0.29, 0.717) is 44.4 Å². The summed E-state index contributed by atoms with van der Waals surface area (Å²) in [5.41, 5.74) is 2.22. The van der Waals surface area contributed by atoms with Crippen molar-refractivity contribution in [2.24, 2.45) is 17.8 Å². The lowest BCUT2D eigenvalue weighted by atomic mass is 9.79. The van der Waals surface area contributed by atoms with Gasteiger partial charge in [-0.25, -0.2) is 0 Å². The summed E-state index contributed by atoms with van der Waals surface area (Å²) in [4.78, 5) is 14.0. The van der Waals surface area contributed by atoms with Gasteiger partial charge in [0.05, 0.1) is 67.6 Å². The summed E-state index contributed by atoms with van der Waals surface area (Å²) in [6.45, 7) is 12.9. The Morgan fingerprint density at radius 3 is 2.33 bits per heavy atom. The summed E-state index contributed by atoms with van der Waals surface area (Å²) in [6.07, 6.45) is 5.65. The molecule has 10 fully saturated rings. The number of aliphatic hydroxyl groups is 2. The highest BCUT2D eigenvalue weighted by molar-refractivity contribution is 5.79. The smallest absolute Gasteiger partial charge is 0.172 e. The zero-order chi connectivity index (χ0) is 35.2. The van der Waals surface area contributed by atoms with Crippen LogP contribution in [-0.2, 0) is 42.7 Å². The van der Waals surface area contributed by atoms with Crippen LogP contribution in [0.15, 0.2) is 24.3 Å². The highest BCUT2D eigenvalue weighted by atomic mass is 16.8. The average molecular weight is 715 g/mol. The van der Waals surface area contributed by atoms with E-state index in [-0.39, 0.29) is 110 Å². The van der Waals surface area contributed by atoms with Gasteiger partial charge in [0, 0.05) is 38.5 Å². The molecule has 0 aromatic heterocycles. The molecule has 0 aromatic carbocycles. The minimum absolute atomic E-state index is 0.00894. The van der Waals surface area contributed by atoms with Crippen molar-refractivity contribution in [2.45, 2.75) is 195 Å². The van der Waals surface area contributed by atoms with Crippen molar-refractivity contribution >= 4 is 5.78 Å². The molecule has 1 spiro atoms. The van der Waals surface area contributed by atoms with Crippen molar-refractivity contribution in [3.63, 3.8) is 0 Å². The van der Waals surface area contributed by atoms with Crippen molar-refractivity contribution in [1.29, 1.82) is 0 Å². The van der Waals surface area contributed by atoms with E-state index in [1.807, 2.05) is 0 Å². The Bertz CT molecular complexity index is 1360. The molecule has 11 nitrogen and oxygen atoms in total. The Kier molecular flexibility index (Phi) is 9.59. The van der Waals surface area contributed by atoms with E-state index in [2.05, 4.69) is 27.0 Å². The molecule has 0 saturated carbocycles. The van der Waals surface area contributed by atoms with Gasteiger partial charge in [-0.1, -0.05) is 27.0 Å². The zero-order valence-corrected chi connectivity index (χ0v) is 30.3. The van der Waals surface area contributed by atoms with Gasteiger partial charge in [0.2, 0.25) is 0 Å². The van der Waals surface area contributed by atoms with E-state index in [9.17, 15) is 15.0 Å². The number of rotatable bonds is 3. The summed E-state index contributed by atoms with van der Waals surface area (Å²) in [5.74, 6) is -0.367. The fraction of sp³-hybridized carbons (Fsp3) is 0.875. The van der Waals surface area contributed by atoms with Crippen LogP contribution in [0.3, 0.4) is 0 Å². The van der Waals surface area contributed by atoms with Crippen LogP contribution >= 0.6 is 0 Å². The first kappa shape index (κ1) is 35.5. The third-order valence-electron chi connectivity index (χ3n) is 14.1. The maximum Gasteiger partial charge on any atom is 0.172 e. The number of Topliss-reactive ketones (excluding diaryl/α,β-unsaturated/α-hetero) is 1. The van der Waals surface area contributed by atoms with Crippen molar-refractivity contribution < 1.29 is 52.9 Å². The molecule has 0 aromatic rings. The van der Waals surface area contributed by atoms with Gasteiger partial charge < -0.3 is 48.1 Å². The van der Waals surface area contributed by atoms with Crippen LogP contribution in [0, 0.1) is 17.8 Å². The third kappa shape index (κ3) is 6.53. The topological polar surface area (TPSA) is 131 Å². The number of carbonyl (C=O) groups excluding carboxylic acids is 1. The molecule has 51 heavy (non-hydrogen) atoms. The molecule has 10 aliphatic heterocycles. The summed E-state index contributed by atoms with van der Waals surface area (Å²) < 4.78 is 53.9. The molecule has 5 unspecified atom stereocenters. The molecule has 10 aliphatic rings. The standard InChI is InChI=1S/C40H58O11/c1-19-11-25-5-7-29-20(2)12-27(44-29)9-10-40-17-34-36(50-40)37-38(49-34)39(51-40)35-30(48-37)8-6-26(46-35)13-23(42)14-28-22(4)31(15-24(43)18-41)47-33(28)16-32(45-25)21(19)3/h19,22,24-39,41,43H,2-3,5-18H2,1,4H3/t19-,22-,24+,25+,26?,27+,28-,29?,30?,31-,32?,33+,34+,35+,36?,37+,38-,39+,40+/m1/s1. The van der Waals surface area contributed by atoms with E-state index in [0.717, 1.165) is 56.1 Å². The molecular weight excluding hydrogens is 656 g/mol. The number of ether oxygens (including phenoxy) is 8. The van der Waals surface area contributed by atoms with Crippen molar-refractivity contribution in [2.75, 3.05) is 6.61 Å². The van der Waals surface area contributed by atoms with Crippen LogP contribution in [0.25, 0.3) is 0 Å². The molecule has 284 valence electrons. The first-order chi connectivity index (χ1) is 24.6. The molecule has 0 aliphatic carbocycles. The number of carbonyl (C=O) groups is 1. The van der Waals surface area contributed by atoms with E-state index in [1.165, 1.54) is 0 Å². The van der Waals surface area contributed by atoms with Crippen molar-refractivity contribution in [1.82, 2.24) is 0 Å². The van der Waals surface area contributed by atoms with E-state index >= 15 is 0 Å². The summed E-state index contributed by atoms with van der Waals surface area (Å²) in [5, 5.41) is 20.0. The van der Waals surface area contributed by atoms with Gasteiger partial charge in [-0.2, -0.15) is 0 Å². The maximum atomic E-state index is 14.0. The Labute approximate surface area is 301 Å². The minimum atomic E-state index is -0.872. The van der Waals surface area contributed by atoms with E-state index in [4.69, 9.17) is 37.9 Å².